The summed E-state index contributed by atoms with van der Waals surface area (Å²) in [6.07, 6.45) is 3.58. The third-order valence-corrected chi connectivity index (χ3v) is 4.28. The number of ether oxygens (including phenoxy) is 1. The Hall–Kier alpha value is -2.79. The Morgan fingerprint density at radius 2 is 1.80 bits per heavy atom. The van der Waals surface area contributed by atoms with Gasteiger partial charge in [-0.05, 0) is 48.2 Å². The molecular formula is C20H18N2O2S. The van der Waals surface area contributed by atoms with E-state index in [9.17, 15) is 4.79 Å². The van der Waals surface area contributed by atoms with E-state index in [0.29, 0.717) is 22.9 Å². The number of rotatable bonds is 6. The second-order valence-electron chi connectivity index (χ2n) is 5.31. The second-order valence-corrected chi connectivity index (χ2v) is 6.11. The van der Waals surface area contributed by atoms with Gasteiger partial charge in [-0.3, -0.25) is 4.79 Å². The first-order chi connectivity index (χ1) is 12.3. The van der Waals surface area contributed by atoms with Crippen molar-refractivity contribution >= 4 is 23.4 Å². The van der Waals surface area contributed by atoms with Crippen molar-refractivity contribution in [2.75, 3.05) is 11.6 Å². The first-order valence-corrected chi connectivity index (χ1v) is 9.06. The number of pyridine rings is 1. The van der Waals surface area contributed by atoms with Crippen molar-refractivity contribution in [3.8, 4) is 5.75 Å². The molecule has 0 fully saturated rings. The molecule has 2 aromatic carbocycles. The van der Waals surface area contributed by atoms with E-state index in [4.69, 9.17) is 4.74 Å². The molecule has 0 aliphatic carbocycles. The summed E-state index contributed by atoms with van der Waals surface area (Å²) in [7, 11) is 0. The summed E-state index contributed by atoms with van der Waals surface area (Å²) < 4.78 is 5.75. The zero-order valence-electron chi connectivity index (χ0n) is 13.8. The van der Waals surface area contributed by atoms with E-state index in [1.165, 1.54) is 11.8 Å². The number of carbonyl (C=O) groups is 1. The van der Waals surface area contributed by atoms with Crippen LogP contribution in [-0.4, -0.2) is 17.1 Å². The molecule has 4 nitrogen and oxygen atoms in total. The number of hydrogen-bond donors (Lipinski definition) is 1. The minimum absolute atomic E-state index is 0.171. The maximum atomic E-state index is 12.4. The molecule has 126 valence electrons. The lowest BCUT2D eigenvalue weighted by atomic mass is 10.2. The molecule has 1 heterocycles. The first kappa shape index (κ1) is 17.0. The van der Waals surface area contributed by atoms with E-state index in [1.807, 2.05) is 60.9 Å². The Bertz CT molecular complexity index is 836. The predicted molar refractivity (Wildman–Crippen MR) is 101 cm³/mol. The first-order valence-electron chi connectivity index (χ1n) is 7.83. The van der Waals surface area contributed by atoms with Gasteiger partial charge in [0.05, 0.1) is 5.56 Å². The van der Waals surface area contributed by atoms with E-state index in [1.54, 1.807) is 18.3 Å². The van der Waals surface area contributed by atoms with Gasteiger partial charge in [0.25, 0.3) is 5.91 Å². The zero-order valence-corrected chi connectivity index (χ0v) is 14.6. The highest BCUT2D eigenvalue weighted by Crippen LogP contribution is 2.20. The van der Waals surface area contributed by atoms with Crippen LogP contribution in [0.3, 0.4) is 0 Å². The van der Waals surface area contributed by atoms with Crippen LogP contribution >= 0.6 is 11.8 Å². The van der Waals surface area contributed by atoms with Crippen LogP contribution in [0.15, 0.2) is 78.0 Å². The predicted octanol–water partition coefficient (Wildman–Crippen LogP) is 4.63. The van der Waals surface area contributed by atoms with Crippen molar-refractivity contribution in [3.63, 3.8) is 0 Å². The van der Waals surface area contributed by atoms with Gasteiger partial charge in [-0.15, -0.1) is 11.8 Å². The summed E-state index contributed by atoms with van der Waals surface area (Å²) in [5, 5.41) is 3.60. The highest BCUT2D eigenvalue weighted by molar-refractivity contribution is 7.98. The molecule has 0 unspecified atom stereocenters. The van der Waals surface area contributed by atoms with Crippen LogP contribution in [0, 0.1) is 0 Å². The molecular weight excluding hydrogens is 332 g/mol. The summed E-state index contributed by atoms with van der Waals surface area (Å²) in [6.45, 7) is 0.513. The van der Waals surface area contributed by atoms with Gasteiger partial charge in [0.1, 0.15) is 17.4 Å². The van der Waals surface area contributed by atoms with Gasteiger partial charge in [0, 0.05) is 11.9 Å². The van der Waals surface area contributed by atoms with E-state index < -0.39 is 0 Å². The summed E-state index contributed by atoms with van der Waals surface area (Å²) in [5.74, 6) is 0.587. The van der Waals surface area contributed by atoms with Crippen LogP contribution in [0.2, 0.25) is 0 Å². The van der Waals surface area contributed by atoms with Gasteiger partial charge >= 0.3 is 0 Å². The highest BCUT2D eigenvalue weighted by atomic mass is 32.2. The topological polar surface area (TPSA) is 51.2 Å². The average Bonchev–Trinajstić information content (AvgIpc) is 2.68. The maximum Gasteiger partial charge on any atom is 0.258 e. The van der Waals surface area contributed by atoms with Crippen LogP contribution in [0.25, 0.3) is 0 Å². The molecule has 0 atom stereocenters. The lowest BCUT2D eigenvalue weighted by Gasteiger charge is -2.09. The van der Waals surface area contributed by atoms with Crippen molar-refractivity contribution in [2.45, 2.75) is 11.6 Å². The van der Waals surface area contributed by atoms with E-state index in [0.717, 1.165) is 11.3 Å². The molecule has 0 saturated carbocycles. The Labute approximate surface area is 151 Å². The quantitative estimate of drug-likeness (QED) is 0.658. The Morgan fingerprint density at radius 1 is 1.04 bits per heavy atom. The Morgan fingerprint density at radius 3 is 2.52 bits per heavy atom. The number of aromatic nitrogens is 1. The van der Waals surface area contributed by atoms with Crippen LogP contribution in [-0.2, 0) is 6.61 Å². The summed E-state index contributed by atoms with van der Waals surface area (Å²) in [5.41, 5.74) is 2.40. The van der Waals surface area contributed by atoms with Crippen molar-refractivity contribution in [1.82, 2.24) is 4.98 Å². The third-order valence-electron chi connectivity index (χ3n) is 3.57. The minimum Gasteiger partial charge on any atom is -0.489 e. The molecule has 0 aliphatic rings. The van der Waals surface area contributed by atoms with E-state index >= 15 is 0 Å². The van der Waals surface area contributed by atoms with Gasteiger partial charge in [-0.2, -0.15) is 0 Å². The number of carbonyl (C=O) groups excluding carboxylic acids is 1. The standard InChI is InChI=1S/C20H18N2O2S/c1-25-20-18(8-5-13-21-20)19(23)22-16-9-11-17(12-10-16)24-14-15-6-3-2-4-7-15/h2-13H,14H2,1H3,(H,22,23). The molecule has 0 bridgehead atoms. The van der Waals surface area contributed by atoms with Crippen LogP contribution < -0.4 is 10.1 Å². The van der Waals surface area contributed by atoms with Crippen LogP contribution in [0.1, 0.15) is 15.9 Å². The molecule has 0 radical (unpaired) electrons. The Kier molecular flexibility index (Phi) is 5.69. The number of nitrogens with zero attached hydrogens (tertiary/aromatic N) is 1. The molecule has 1 N–H and O–H groups in total. The molecule has 3 rings (SSSR count). The third kappa shape index (κ3) is 4.61. The normalized spacial score (nSPS) is 10.3. The fourth-order valence-electron chi connectivity index (χ4n) is 2.30. The number of amides is 1. The van der Waals surface area contributed by atoms with Gasteiger partial charge in [-0.25, -0.2) is 4.98 Å². The van der Waals surface area contributed by atoms with E-state index in [2.05, 4.69) is 10.3 Å². The van der Waals surface area contributed by atoms with Crippen molar-refractivity contribution < 1.29 is 9.53 Å². The van der Waals surface area contributed by atoms with Crippen LogP contribution in [0.5, 0.6) is 5.75 Å². The summed E-state index contributed by atoms with van der Waals surface area (Å²) in [6, 6.07) is 20.9. The molecule has 1 aromatic heterocycles. The van der Waals surface area contributed by atoms with Crippen molar-refractivity contribution in [2.24, 2.45) is 0 Å². The molecule has 3 aromatic rings. The summed E-state index contributed by atoms with van der Waals surface area (Å²) in [4.78, 5) is 16.6. The fraction of sp³-hybridized carbons (Fsp3) is 0.100. The zero-order chi connectivity index (χ0) is 17.5. The minimum atomic E-state index is -0.171. The molecule has 0 saturated heterocycles. The molecule has 25 heavy (non-hydrogen) atoms. The number of anilines is 1. The van der Waals surface area contributed by atoms with Crippen LogP contribution in [0.4, 0.5) is 5.69 Å². The maximum absolute atomic E-state index is 12.4. The molecule has 0 aliphatic heterocycles. The summed E-state index contributed by atoms with van der Waals surface area (Å²) >= 11 is 1.45. The number of thioether (sulfide) groups is 1. The van der Waals surface area contributed by atoms with Gasteiger partial charge in [0.15, 0.2) is 0 Å². The number of nitrogens with one attached hydrogen (secondary N) is 1. The van der Waals surface area contributed by atoms with Crippen molar-refractivity contribution in [3.05, 3.63) is 84.1 Å². The average molecular weight is 350 g/mol. The van der Waals surface area contributed by atoms with E-state index in [-0.39, 0.29) is 5.91 Å². The SMILES string of the molecule is CSc1ncccc1C(=O)Nc1ccc(OCc2ccccc2)cc1. The molecule has 5 heteroatoms. The number of hydrogen-bond acceptors (Lipinski definition) is 4. The van der Waals surface area contributed by atoms with Gasteiger partial charge < -0.3 is 10.1 Å². The fourth-order valence-corrected chi connectivity index (χ4v) is 2.85. The van der Waals surface area contributed by atoms with Gasteiger partial charge in [0.2, 0.25) is 0 Å². The molecule has 1 amide bonds. The lowest BCUT2D eigenvalue weighted by molar-refractivity contribution is 0.102. The molecule has 0 spiro atoms. The lowest BCUT2D eigenvalue weighted by Crippen LogP contribution is -2.13. The Balaban J connectivity index is 1.61. The largest absolute Gasteiger partial charge is 0.489 e. The monoisotopic (exact) mass is 350 g/mol. The number of benzene rings is 2. The smallest absolute Gasteiger partial charge is 0.258 e. The van der Waals surface area contributed by atoms with Gasteiger partial charge in [-0.1, -0.05) is 30.3 Å². The van der Waals surface area contributed by atoms with Crippen molar-refractivity contribution in [1.29, 1.82) is 0 Å². The second kappa shape index (κ2) is 8.35. The highest BCUT2D eigenvalue weighted by Gasteiger charge is 2.11.